The summed E-state index contributed by atoms with van der Waals surface area (Å²) >= 11 is 0. The number of hydrogen-bond donors (Lipinski definition) is 0. The molecule has 1 aromatic rings. The van der Waals surface area contributed by atoms with E-state index in [1.807, 2.05) is 11.9 Å². The average molecular weight is 274 g/mol. The standard InChI is InChI=1S/C17H26N2O/c1-15-5-7-16(8-6-15)9-10-17(20)18(2)13-14-19-11-3-4-12-19/h5-8H,3-4,9-14H2,1-2H3. The van der Waals surface area contributed by atoms with Crippen LogP contribution in [0, 0.1) is 6.92 Å². The van der Waals surface area contributed by atoms with Crippen molar-refractivity contribution in [2.45, 2.75) is 32.6 Å². The lowest BCUT2D eigenvalue weighted by molar-refractivity contribution is -0.130. The molecule has 1 aliphatic heterocycles. The lowest BCUT2D eigenvalue weighted by Gasteiger charge is -2.21. The minimum absolute atomic E-state index is 0.254. The van der Waals surface area contributed by atoms with Gasteiger partial charge in [0.15, 0.2) is 0 Å². The van der Waals surface area contributed by atoms with Crippen LogP contribution in [0.25, 0.3) is 0 Å². The molecular weight excluding hydrogens is 248 g/mol. The second-order valence-electron chi connectivity index (χ2n) is 5.85. The Hall–Kier alpha value is -1.35. The van der Waals surface area contributed by atoms with E-state index in [1.165, 1.54) is 37.1 Å². The molecule has 2 rings (SSSR count). The molecule has 1 saturated heterocycles. The Morgan fingerprint density at radius 2 is 1.85 bits per heavy atom. The number of rotatable bonds is 6. The quantitative estimate of drug-likeness (QED) is 0.795. The summed E-state index contributed by atoms with van der Waals surface area (Å²) in [7, 11) is 1.92. The van der Waals surface area contributed by atoms with Crippen molar-refractivity contribution in [3.8, 4) is 0 Å². The Morgan fingerprint density at radius 3 is 2.50 bits per heavy atom. The van der Waals surface area contributed by atoms with Gasteiger partial charge in [0.2, 0.25) is 5.91 Å². The number of likely N-dealkylation sites (tertiary alicyclic amines) is 1. The highest BCUT2D eigenvalue weighted by Crippen LogP contribution is 2.08. The summed E-state index contributed by atoms with van der Waals surface area (Å²) in [4.78, 5) is 16.4. The molecule has 1 heterocycles. The lowest BCUT2D eigenvalue weighted by atomic mass is 10.1. The van der Waals surface area contributed by atoms with Gasteiger partial charge in [-0.1, -0.05) is 29.8 Å². The molecule has 20 heavy (non-hydrogen) atoms. The van der Waals surface area contributed by atoms with Crippen LogP contribution in [0.1, 0.15) is 30.4 Å². The second-order valence-corrected chi connectivity index (χ2v) is 5.85. The molecule has 3 heteroatoms. The maximum Gasteiger partial charge on any atom is 0.222 e. The third kappa shape index (κ3) is 4.64. The van der Waals surface area contributed by atoms with Gasteiger partial charge in [0.05, 0.1) is 0 Å². The molecular formula is C17H26N2O. The molecule has 1 aliphatic rings. The first-order valence-electron chi connectivity index (χ1n) is 7.67. The van der Waals surface area contributed by atoms with Gasteiger partial charge in [0.1, 0.15) is 0 Å². The molecule has 110 valence electrons. The van der Waals surface area contributed by atoms with Crippen molar-refractivity contribution in [1.29, 1.82) is 0 Å². The second kappa shape index (κ2) is 7.44. The fourth-order valence-electron chi connectivity index (χ4n) is 2.62. The van der Waals surface area contributed by atoms with Gasteiger partial charge in [0, 0.05) is 26.6 Å². The van der Waals surface area contributed by atoms with Crippen molar-refractivity contribution in [3.63, 3.8) is 0 Å². The zero-order chi connectivity index (χ0) is 14.4. The zero-order valence-corrected chi connectivity index (χ0v) is 12.8. The number of amides is 1. The van der Waals surface area contributed by atoms with E-state index in [-0.39, 0.29) is 5.91 Å². The number of carbonyl (C=O) groups is 1. The third-order valence-corrected chi connectivity index (χ3v) is 4.12. The highest BCUT2D eigenvalue weighted by Gasteiger charge is 2.14. The Kier molecular flexibility index (Phi) is 5.60. The van der Waals surface area contributed by atoms with E-state index in [4.69, 9.17) is 0 Å². The number of benzene rings is 1. The molecule has 0 N–H and O–H groups in total. The highest BCUT2D eigenvalue weighted by molar-refractivity contribution is 5.76. The number of carbonyl (C=O) groups excluding carboxylic acids is 1. The van der Waals surface area contributed by atoms with Crippen molar-refractivity contribution in [1.82, 2.24) is 9.80 Å². The first kappa shape index (κ1) is 15.0. The van der Waals surface area contributed by atoms with E-state index in [0.717, 1.165) is 19.5 Å². The van der Waals surface area contributed by atoms with Crippen molar-refractivity contribution >= 4 is 5.91 Å². The Morgan fingerprint density at radius 1 is 1.20 bits per heavy atom. The van der Waals surface area contributed by atoms with Crippen LogP contribution in [0.4, 0.5) is 0 Å². The number of likely N-dealkylation sites (N-methyl/N-ethyl adjacent to an activating group) is 1. The van der Waals surface area contributed by atoms with Gasteiger partial charge in [-0.05, 0) is 44.8 Å². The SMILES string of the molecule is Cc1ccc(CCC(=O)N(C)CCN2CCCC2)cc1. The maximum absolute atomic E-state index is 12.1. The minimum atomic E-state index is 0.254. The summed E-state index contributed by atoms with van der Waals surface area (Å²) in [6.45, 7) is 6.36. The maximum atomic E-state index is 12.1. The first-order chi connectivity index (χ1) is 9.65. The molecule has 0 saturated carbocycles. The van der Waals surface area contributed by atoms with Crippen LogP contribution < -0.4 is 0 Å². The molecule has 0 radical (unpaired) electrons. The average Bonchev–Trinajstić information content (AvgIpc) is 2.97. The number of aryl methyl sites for hydroxylation is 2. The zero-order valence-electron chi connectivity index (χ0n) is 12.8. The summed E-state index contributed by atoms with van der Waals surface area (Å²) in [5.41, 5.74) is 2.51. The topological polar surface area (TPSA) is 23.6 Å². The van der Waals surface area contributed by atoms with Gasteiger partial charge < -0.3 is 9.80 Å². The number of hydrogen-bond acceptors (Lipinski definition) is 2. The Balaban J connectivity index is 1.69. The van der Waals surface area contributed by atoms with E-state index in [9.17, 15) is 4.79 Å². The molecule has 0 unspecified atom stereocenters. The van der Waals surface area contributed by atoms with E-state index >= 15 is 0 Å². The van der Waals surface area contributed by atoms with Gasteiger partial charge >= 0.3 is 0 Å². The largest absolute Gasteiger partial charge is 0.344 e. The van der Waals surface area contributed by atoms with E-state index in [1.54, 1.807) is 0 Å². The summed E-state index contributed by atoms with van der Waals surface area (Å²) in [5, 5.41) is 0. The van der Waals surface area contributed by atoms with E-state index < -0.39 is 0 Å². The van der Waals surface area contributed by atoms with Gasteiger partial charge in [-0.2, -0.15) is 0 Å². The van der Waals surface area contributed by atoms with Gasteiger partial charge in [-0.3, -0.25) is 4.79 Å². The van der Waals surface area contributed by atoms with Crippen molar-refractivity contribution in [3.05, 3.63) is 35.4 Å². The van der Waals surface area contributed by atoms with E-state index in [2.05, 4.69) is 36.1 Å². The Labute approximate surface area is 122 Å². The van der Waals surface area contributed by atoms with Crippen molar-refractivity contribution in [2.75, 3.05) is 33.2 Å². The lowest BCUT2D eigenvalue weighted by Crippen LogP contribution is -2.35. The van der Waals surface area contributed by atoms with Crippen LogP contribution in [-0.4, -0.2) is 48.9 Å². The number of nitrogens with zero attached hydrogens (tertiary/aromatic N) is 2. The van der Waals surface area contributed by atoms with Crippen molar-refractivity contribution < 1.29 is 4.79 Å². The van der Waals surface area contributed by atoms with Crippen LogP contribution in [0.5, 0.6) is 0 Å². The monoisotopic (exact) mass is 274 g/mol. The molecule has 0 atom stereocenters. The molecule has 3 nitrogen and oxygen atoms in total. The molecule has 0 aromatic heterocycles. The normalized spacial score (nSPS) is 15.5. The fourth-order valence-corrected chi connectivity index (χ4v) is 2.62. The van der Waals surface area contributed by atoms with Crippen molar-refractivity contribution in [2.24, 2.45) is 0 Å². The Bertz CT molecular complexity index is 421. The summed E-state index contributed by atoms with van der Waals surface area (Å²) in [5.74, 6) is 0.254. The molecule has 1 fully saturated rings. The van der Waals surface area contributed by atoms with E-state index in [0.29, 0.717) is 6.42 Å². The minimum Gasteiger partial charge on any atom is -0.344 e. The van der Waals surface area contributed by atoms with Gasteiger partial charge in [0.25, 0.3) is 0 Å². The van der Waals surface area contributed by atoms with Crippen LogP contribution in [0.15, 0.2) is 24.3 Å². The molecule has 1 aromatic carbocycles. The summed E-state index contributed by atoms with van der Waals surface area (Å²) in [6, 6.07) is 8.45. The summed E-state index contributed by atoms with van der Waals surface area (Å²) < 4.78 is 0. The van der Waals surface area contributed by atoms with Gasteiger partial charge in [-0.15, -0.1) is 0 Å². The molecule has 0 bridgehead atoms. The van der Waals surface area contributed by atoms with Crippen LogP contribution in [-0.2, 0) is 11.2 Å². The highest BCUT2D eigenvalue weighted by atomic mass is 16.2. The first-order valence-corrected chi connectivity index (χ1v) is 7.67. The molecule has 1 amide bonds. The van der Waals surface area contributed by atoms with Gasteiger partial charge in [-0.25, -0.2) is 0 Å². The molecule has 0 aliphatic carbocycles. The predicted octanol–water partition coefficient (Wildman–Crippen LogP) is 2.48. The third-order valence-electron chi connectivity index (χ3n) is 4.12. The fraction of sp³-hybridized carbons (Fsp3) is 0.588. The molecule has 0 spiro atoms. The predicted molar refractivity (Wildman–Crippen MR) is 82.8 cm³/mol. The van der Waals surface area contributed by atoms with Crippen LogP contribution in [0.2, 0.25) is 0 Å². The summed E-state index contributed by atoms with van der Waals surface area (Å²) in [6.07, 6.45) is 4.07. The smallest absolute Gasteiger partial charge is 0.222 e. The van der Waals surface area contributed by atoms with Crippen LogP contribution >= 0.6 is 0 Å². The van der Waals surface area contributed by atoms with Crippen LogP contribution in [0.3, 0.4) is 0 Å².